The van der Waals surface area contributed by atoms with Gasteiger partial charge in [-0.25, -0.2) is 0 Å². The van der Waals surface area contributed by atoms with Crippen LogP contribution in [0.1, 0.15) is 54.7 Å². The molecule has 0 unspecified atom stereocenters. The second kappa shape index (κ2) is 10.2. The maximum Gasteiger partial charge on any atom is 0.418 e. The number of alkyl halides is 3. The van der Waals surface area contributed by atoms with E-state index in [-0.39, 0.29) is 23.3 Å². The lowest BCUT2D eigenvalue weighted by molar-refractivity contribution is -0.136. The summed E-state index contributed by atoms with van der Waals surface area (Å²) in [4.78, 5) is 12.8. The lowest BCUT2D eigenvalue weighted by atomic mass is 9.87. The summed E-state index contributed by atoms with van der Waals surface area (Å²) in [7, 11) is 0. The van der Waals surface area contributed by atoms with Gasteiger partial charge in [0.25, 0.3) is 5.91 Å². The number of anilines is 1. The molecule has 0 aliphatic rings. The van der Waals surface area contributed by atoms with Gasteiger partial charge in [0, 0.05) is 11.1 Å². The highest BCUT2D eigenvalue weighted by Crippen LogP contribution is 2.35. The van der Waals surface area contributed by atoms with Crippen molar-refractivity contribution in [1.29, 1.82) is 0 Å². The largest absolute Gasteiger partial charge is 0.493 e. The summed E-state index contributed by atoms with van der Waals surface area (Å²) in [5.74, 6) is 0.543. The van der Waals surface area contributed by atoms with Crippen LogP contribution in [-0.4, -0.2) is 12.5 Å². The first-order chi connectivity index (χ1) is 16.0. The second-order valence-electron chi connectivity index (χ2n) is 8.82. The number of carbonyl (C=O) groups excluding carboxylic acids is 1. The first-order valence-corrected chi connectivity index (χ1v) is 11.0. The summed E-state index contributed by atoms with van der Waals surface area (Å²) in [5.41, 5.74) is 0.794. The average molecular weight is 472 g/mol. The van der Waals surface area contributed by atoms with Crippen LogP contribution in [0.5, 0.6) is 11.5 Å². The Morgan fingerprint density at radius 2 is 1.59 bits per heavy atom. The minimum Gasteiger partial charge on any atom is -0.493 e. The molecule has 3 aromatic carbocycles. The molecule has 4 nitrogen and oxygen atoms in total. The number of ether oxygens (including phenoxy) is 2. The fraction of sp³-hybridized carbons (Fsp3) is 0.296. The minimum absolute atomic E-state index is 0.0209. The van der Waals surface area contributed by atoms with E-state index in [0.29, 0.717) is 23.7 Å². The van der Waals surface area contributed by atoms with Gasteiger partial charge in [-0.15, -0.1) is 0 Å². The van der Waals surface area contributed by atoms with Crippen LogP contribution < -0.4 is 14.8 Å². The van der Waals surface area contributed by atoms with Crippen LogP contribution in [0.2, 0.25) is 0 Å². The highest BCUT2D eigenvalue weighted by atomic mass is 19.4. The maximum absolute atomic E-state index is 13.3. The minimum atomic E-state index is -4.58. The molecule has 0 bridgehead atoms. The molecular weight excluding hydrogens is 443 g/mol. The molecule has 1 N–H and O–H groups in total. The molecule has 0 spiro atoms. The SMILES string of the molecule is CCOc1ccc(C(=O)Nc2ccccc2C(F)(F)F)cc1COc1ccc(C(C)(C)C)cc1. The van der Waals surface area contributed by atoms with E-state index in [1.54, 1.807) is 12.1 Å². The normalized spacial score (nSPS) is 11.7. The molecule has 3 aromatic rings. The number of benzene rings is 3. The third-order valence-electron chi connectivity index (χ3n) is 5.22. The lowest BCUT2D eigenvalue weighted by Crippen LogP contribution is -2.17. The number of rotatable bonds is 7. The number of para-hydroxylation sites is 1. The van der Waals surface area contributed by atoms with Crippen LogP contribution in [0.4, 0.5) is 18.9 Å². The summed E-state index contributed by atoms with van der Waals surface area (Å²) in [6, 6.07) is 17.3. The molecule has 34 heavy (non-hydrogen) atoms. The lowest BCUT2D eigenvalue weighted by Gasteiger charge is -2.19. The quantitative estimate of drug-likeness (QED) is 0.395. The Balaban J connectivity index is 1.80. The zero-order valence-corrected chi connectivity index (χ0v) is 19.6. The van der Waals surface area contributed by atoms with Crippen molar-refractivity contribution >= 4 is 11.6 Å². The Morgan fingerprint density at radius 3 is 2.21 bits per heavy atom. The van der Waals surface area contributed by atoms with Crippen LogP contribution in [0, 0.1) is 0 Å². The fourth-order valence-corrected chi connectivity index (χ4v) is 3.38. The van der Waals surface area contributed by atoms with E-state index in [9.17, 15) is 18.0 Å². The summed E-state index contributed by atoms with van der Waals surface area (Å²) >= 11 is 0. The first kappa shape index (κ1) is 25.1. The molecular formula is C27H28F3NO3. The number of halogens is 3. The molecule has 0 aromatic heterocycles. The fourth-order valence-electron chi connectivity index (χ4n) is 3.38. The van der Waals surface area contributed by atoms with Crippen molar-refractivity contribution in [1.82, 2.24) is 0 Å². The molecule has 0 saturated carbocycles. The molecule has 180 valence electrons. The molecule has 3 rings (SSSR count). The Bertz CT molecular complexity index is 1130. The van der Waals surface area contributed by atoms with Gasteiger partial charge in [-0.1, -0.05) is 45.0 Å². The van der Waals surface area contributed by atoms with E-state index in [1.807, 2.05) is 31.2 Å². The van der Waals surface area contributed by atoms with Crippen molar-refractivity contribution < 1.29 is 27.4 Å². The Labute approximate surface area is 197 Å². The first-order valence-electron chi connectivity index (χ1n) is 11.0. The van der Waals surface area contributed by atoms with Gasteiger partial charge < -0.3 is 14.8 Å². The number of amides is 1. The van der Waals surface area contributed by atoms with Crippen LogP contribution in [0.25, 0.3) is 0 Å². The highest BCUT2D eigenvalue weighted by molar-refractivity contribution is 6.05. The van der Waals surface area contributed by atoms with Crippen molar-refractivity contribution in [3.8, 4) is 11.5 Å². The average Bonchev–Trinajstić information content (AvgIpc) is 2.78. The number of hydrogen-bond acceptors (Lipinski definition) is 3. The smallest absolute Gasteiger partial charge is 0.418 e. The third-order valence-corrected chi connectivity index (χ3v) is 5.22. The van der Waals surface area contributed by atoms with E-state index < -0.39 is 17.6 Å². The van der Waals surface area contributed by atoms with Gasteiger partial charge in [0.05, 0.1) is 17.9 Å². The number of hydrogen-bond donors (Lipinski definition) is 1. The molecule has 0 saturated heterocycles. The molecule has 0 radical (unpaired) electrons. The van der Waals surface area contributed by atoms with Gasteiger partial charge in [-0.3, -0.25) is 4.79 Å². The molecule has 0 fully saturated rings. The van der Waals surface area contributed by atoms with Gasteiger partial charge in [0.1, 0.15) is 18.1 Å². The van der Waals surface area contributed by atoms with E-state index >= 15 is 0 Å². The van der Waals surface area contributed by atoms with E-state index in [4.69, 9.17) is 9.47 Å². The van der Waals surface area contributed by atoms with Gasteiger partial charge in [-0.2, -0.15) is 13.2 Å². The standard InChI is InChI=1S/C27H28F3NO3/c1-5-33-24-15-10-18(25(32)31-23-9-7-6-8-22(23)27(28,29)30)16-19(24)17-34-21-13-11-20(12-14-21)26(2,3)4/h6-16H,5,17H2,1-4H3,(H,31,32). The van der Waals surface area contributed by atoms with Crippen molar-refractivity contribution in [2.45, 2.75) is 45.9 Å². The molecule has 0 heterocycles. The predicted octanol–water partition coefficient (Wildman–Crippen LogP) is 7.23. The van der Waals surface area contributed by atoms with E-state index in [2.05, 4.69) is 26.1 Å². The summed E-state index contributed by atoms with van der Waals surface area (Å²) in [5, 5.41) is 2.37. The molecule has 0 atom stereocenters. The molecule has 0 aliphatic heterocycles. The van der Waals surface area contributed by atoms with Crippen molar-refractivity contribution in [2.75, 3.05) is 11.9 Å². The molecule has 7 heteroatoms. The van der Waals surface area contributed by atoms with Gasteiger partial charge >= 0.3 is 6.18 Å². The van der Waals surface area contributed by atoms with Crippen LogP contribution >= 0.6 is 0 Å². The third kappa shape index (κ3) is 6.31. The second-order valence-corrected chi connectivity index (χ2v) is 8.82. The zero-order chi connectivity index (χ0) is 24.9. The summed E-state index contributed by atoms with van der Waals surface area (Å²) in [6.07, 6.45) is -4.58. The Hall–Kier alpha value is -3.48. The predicted molar refractivity (Wildman–Crippen MR) is 126 cm³/mol. The monoisotopic (exact) mass is 471 g/mol. The van der Waals surface area contributed by atoms with Crippen LogP contribution in [0.3, 0.4) is 0 Å². The van der Waals surface area contributed by atoms with Crippen LogP contribution in [0.15, 0.2) is 66.7 Å². The molecule has 0 aliphatic carbocycles. The maximum atomic E-state index is 13.3. The zero-order valence-electron chi connectivity index (χ0n) is 19.6. The van der Waals surface area contributed by atoms with Crippen molar-refractivity contribution in [3.05, 3.63) is 89.0 Å². The van der Waals surface area contributed by atoms with Gasteiger partial charge in [0.2, 0.25) is 0 Å². The van der Waals surface area contributed by atoms with Crippen molar-refractivity contribution in [2.24, 2.45) is 0 Å². The van der Waals surface area contributed by atoms with Crippen LogP contribution in [-0.2, 0) is 18.2 Å². The summed E-state index contributed by atoms with van der Waals surface area (Å²) < 4.78 is 51.4. The Morgan fingerprint density at radius 1 is 0.912 bits per heavy atom. The summed E-state index contributed by atoms with van der Waals surface area (Å²) in [6.45, 7) is 8.76. The topological polar surface area (TPSA) is 47.6 Å². The number of nitrogens with one attached hydrogen (secondary N) is 1. The van der Waals surface area contributed by atoms with Gasteiger partial charge in [0.15, 0.2) is 0 Å². The highest BCUT2D eigenvalue weighted by Gasteiger charge is 2.33. The van der Waals surface area contributed by atoms with E-state index in [1.165, 1.54) is 29.8 Å². The van der Waals surface area contributed by atoms with Gasteiger partial charge in [-0.05, 0) is 60.4 Å². The Kier molecular flexibility index (Phi) is 7.54. The van der Waals surface area contributed by atoms with Crippen molar-refractivity contribution in [3.63, 3.8) is 0 Å². The molecule has 1 amide bonds. The van der Waals surface area contributed by atoms with E-state index in [0.717, 1.165) is 6.07 Å². The number of carbonyl (C=O) groups is 1.